The van der Waals surface area contributed by atoms with E-state index in [1.165, 1.54) is 121 Å². The Morgan fingerprint density at radius 1 is 0.271 bits per heavy atom. The number of fused-ring (bicyclic) bond motifs is 10. The Morgan fingerprint density at radius 2 is 0.780 bits per heavy atom. The Balaban J connectivity index is 1.02. The van der Waals surface area contributed by atoms with Gasteiger partial charge in [-0.1, -0.05) is 208 Å². The summed E-state index contributed by atoms with van der Waals surface area (Å²) in [5, 5.41) is 12.8. The van der Waals surface area contributed by atoms with Gasteiger partial charge in [0.05, 0.1) is 0 Å². The molecular weight excluding hydrogens is 709 g/mol. The molecule has 0 aromatic heterocycles. The van der Waals surface area contributed by atoms with E-state index in [2.05, 4.69) is 220 Å². The zero-order chi connectivity index (χ0) is 39.2. The summed E-state index contributed by atoms with van der Waals surface area (Å²) in [7, 11) is 0. The number of hydrogen-bond donors (Lipinski definition) is 0. The van der Waals surface area contributed by atoms with Crippen LogP contribution >= 0.6 is 0 Å². The number of rotatable bonds is 4. The van der Waals surface area contributed by atoms with E-state index >= 15 is 0 Å². The smallest absolute Gasteiger partial charge is 0.0165 e. The van der Waals surface area contributed by atoms with Crippen molar-refractivity contribution in [3.63, 3.8) is 0 Å². The number of hydrogen-bond acceptors (Lipinski definition) is 0. The van der Waals surface area contributed by atoms with Gasteiger partial charge >= 0.3 is 0 Å². The Bertz CT molecular complexity index is 3450. The predicted molar refractivity (Wildman–Crippen MR) is 253 cm³/mol. The van der Waals surface area contributed by atoms with Crippen molar-refractivity contribution in [2.24, 2.45) is 0 Å². The molecule has 276 valence electrons. The van der Waals surface area contributed by atoms with Crippen molar-refractivity contribution in [2.75, 3.05) is 0 Å². The van der Waals surface area contributed by atoms with E-state index in [0.29, 0.717) is 0 Å². The van der Waals surface area contributed by atoms with Gasteiger partial charge in [-0.3, -0.25) is 0 Å². The summed E-state index contributed by atoms with van der Waals surface area (Å²) < 4.78 is 0. The summed E-state index contributed by atoms with van der Waals surface area (Å²) in [4.78, 5) is 0. The summed E-state index contributed by atoms with van der Waals surface area (Å²) in [6.07, 6.45) is 0. The van der Waals surface area contributed by atoms with E-state index in [1.54, 1.807) is 0 Å². The molecule has 0 bridgehead atoms. The first-order chi connectivity index (χ1) is 29.0. The van der Waals surface area contributed by atoms with E-state index in [0.717, 1.165) is 0 Å². The first-order valence-electron chi connectivity index (χ1n) is 20.8. The lowest BCUT2D eigenvalue weighted by atomic mass is 9.78. The maximum atomic E-state index is 2.43. The third kappa shape index (κ3) is 5.03. The first-order valence-corrected chi connectivity index (χ1v) is 20.8. The van der Waals surface area contributed by atoms with Crippen LogP contribution in [0.5, 0.6) is 0 Å². The van der Waals surface area contributed by atoms with Crippen molar-refractivity contribution in [1.82, 2.24) is 0 Å². The zero-order valence-corrected chi connectivity index (χ0v) is 33.1. The second-order valence-corrected chi connectivity index (χ2v) is 16.8. The molecule has 0 fully saturated rings. The third-order valence-corrected chi connectivity index (χ3v) is 13.2. The molecule has 11 aromatic rings. The summed E-state index contributed by atoms with van der Waals surface area (Å²) in [5.41, 5.74) is 15.5. The van der Waals surface area contributed by atoms with E-state index in [-0.39, 0.29) is 5.41 Å². The molecule has 0 radical (unpaired) electrons. The number of benzene rings is 11. The molecule has 1 aliphatic rings. The average Bonchev–Trinajstić information content (AvgIpc) is 3.54. The van der Waals surface area contributed by atoms with Gasteiger partial charge in [0.15, 0.2) is 0 Å². The molecule has 0 aliphatic heterocycles. The highest BCUT2D eigenvalue weighted by atomic mass is 14.4. The van der Waals surface area contributed by atoms with Crippen LogP contribution in [-0.2, 0) is 5.41 Å². The van der Waals surface area contributed by atoms with Crippen LogP contribution in [-0.4, -0.2) is 0 Å². The molecule has 0 saturated carbocycles. The molecule has 1 aliphatic carbocycles. The molecular formula is C59H40. The SMILES string of the molecule is CC1(C)c2ccc3ccccc3c2-c2cccc(-c3cccc(-c4c5ccccc5c(-c5ccc(-c6cc7ccccc7c7ccccc67)cc5)c5ccccc45)c3)c21. The van der Waals surface area contributed by atoms with Crippen LogP contribution in [0.4, 0.5) is 0 Å². The van der Waals surface area contributed by atoms with Gasteiger partial charge in [0, 0.05) is 5.41 Å². The van der Waals surface area contributed by atoms with Gasteiger partial charge in [0.2, 0.25) is 0 Å². The Hall–Kier alpha value is -7.28. The highest BCUT2D eigenvalue weighted by Crippen LogP contribution is 2.54. The quantitative estimate of drug-likeness (QED) is 0.124. The maximum absolute atomic E-state index is 2.43. The van der Waals surface area contributed by atoms with Crippen molar-refractivity contribution in [3.05, 3.63) is 217 Å². The van der Waals surface area contributed by atoms with Gasteiger partial charge in [-0.25, -0.2) is 0 Å². The van der Waals surface area contributed by atoms with Crippen LogP contribution in [0.3, 0.4) is 0 Å². The highest BCUT2D eigenvalue weighted by molar-refractivity contribution is 6.22. The molecule has 11 aromatic carbocycles. The van der Waals surface area contributed by atoms with Crippen LogP contribution in [0.2, 0.25) is 0 Å². The largest absolute Gasteiger partial charge is 0.0616 e. The minimum absolute atomic E-state index is 0.140. The van der Waals surface area contributed by atoms with Crippen molar-refractivity contribution in [1.29, 1.82) is 0 Å². The maximum Gasteiger partial charge on any atom is 0.0165 e. The molecule has 0 atom stereocenters. The van der Waals surface area contributed by atoms with Gasteiger partial charge in [0.1, 0.15) is 0 Å². The molecule has 0 heterocycles. The lowest BCUT2D eigenvalue weighted by Gasteiger charge is -2.25. The van der Waals surface area contributed by atoms with E-state index < -0.39 is 0 Å². The Kier molecular flexibility index (Phi) is 7.38. The van der Waals surface area contributed by atoms with Gasteiger partial charge in [0.25, 0.3) is 0 Å². The van der Waals surface area contributed by atoms with E-state index in [4.69, 9.17) is 0 Å². The monoisotopic (exact) mass is 748 g/mol. The fourth-order valence-corrected chi connectivity index (χ4v) is 10.6. The third-order valence-electron chi connectivity index (χ3n) is 13.2. The van der Waals surface area contributed by atoms with Crippen LogP contribution in [0.1, 0.15) is 25.0 Å². The van der Waals surface area contributed by atoms with Crippen molar-refractivity contribution >= 4 is 53.9 Å². The summed E-state index contributed by atoms with van der Waals surface area (Å²) in [6, 6.07) is 76.8. The minimum atomic E-state index is -0.140. The minimum Gasteiger partial charge on any atom is -0.0616 e. The van der Waals surface area contributed by atoms with Gasteiger partial charge in [-0.2, -0.15) is 0 Å². The van der Waals surface area contributed by atoms with Crippen molar-refractivity contribution in [3.8, 4) is 55.6 Å². The lowest BCUT2D eigenvalue weighted by molar-refractivity contribution is 0.662. The predicted octanol–water partition coefficient (Wildman–Crippen LogP) is 16.4. The second-order valence-electron chi connectivity index (χ2n) is 16.8. The van der Waals surface area contributed by atoms with Crippen molar-refractivity contribution < 1.29 is 0 Å². The Labute approximate surface area is 344 Å². The first kappa shape index (κ1) is 33.8. The zero-order valence-electron chi connectivity index (χ0n) is 33.1. The summed E-state index contributed by atoms with van der Waals surface area (Å²) in [6.45, 7) is 4.80. The molecule has 0 saturated heterocycles. The second kappa shape index (κ2) is 12.9. The van der Waals surface area contributed by atoms with Gasteiger partial charge < -0.3 is 0 Å². The Morgan fingerprint density at radius 3 is 1.47 bits per heavy atom. The molecule has 12 rings (SSSR count). The fraction of sp³-hybridized carbons (Fsp3) is 0.0508. The van der Waals surface area contributed by atoms with Crippen LogP contribution in [0.15, 0.2) is 206 Å². The fourth-order valence-electron chi connectivity index (χ4n) is 10.6. The lowest BCUT2D eigenvalue weighted by Crippen LogP contribution is -2.16. The highest BCUT2D eigenvalue weighted by Gasteiger charge is 2.38. The topological polar surface area (TPSA) is 0 Å². The normalized spacial score (nSPS) is 13.1. The van der Waals surface area contributed by atoms with Crippen LogP contribution < -0.4 is 0 Å². The van der Waals surface area contributed by atoms with Crippen LogP contribution in [0.25, 0.3) is 109 Å². The average molecular weight is 749 g/mol. The molecule has 0 unspecified atom stereocenters. The summed E-state index contributed by atoms with van der Waals surface area (Å²) >= 11 is 0. The summed E-state index contributed by atoms with van der Waals surface area (Å²) in [5.74, 6) is 0. The molecule has 0 nitrogen and oxygen atoms in total. The van der Waals surface area contributed by atoms with Crippen LogP contribution in [0, 0.1) is 0 Å². The molecule has 0 heteroatoms. The van der Waals surface area contributed by atoms with E-state index in [9.17, 15) is 0 Å². The molecule has 0 spiro atoms. The standard InChI is InChI=1S/C59H40/c1-59(2)54-34-33-37-15-3-6-20-44(37)57(54)52-28-14-27-45(58(52)59)40-17-13-18-42(35-40)56-50-25-11-9-23-48(50)55(49-24-10-12-26-51(49)56)39-31-29-38(30-32-39)53-36-41-16-4-5-19-43(41)46-21-7-8-22-47(46)53/h3-36H,1-2H3. The molecule has 59 heavy (non-hydrogen) atoms. The van der Waals surface area contributed by atoms with Gasteiger partial charge in [-0.05, 0) is 133 Å². The van der Waals surface area contributed by atoms with E-state index in [1.807, 2.05) is 0 Å². The molecule has 0 N–H and O–H groups in total. The van der Waals surface area contributed by atoms with Gasteiger partial charge in [-0.15, -0.1) is 0 Å². The van der Waals surface area contributed by atoms with Crippen molar-refractivity contribution in [2.45, 2.75) is 19.3 Å². The molecule has 0 amide bonds.